The highest BCUT2D eigenvalue weighted by Gasteiger charge is 2.24. The van der Waals surface area contributed by atoms with Gasteiger partial charge in [-0.3, -0.25) is 9.88 Å². The van der Waals surface area contributed by atoms with Crippen LogP contribution in [0.15, 0.2) is 47.6 Å². The predicted octanol–water partition coefficient (Wildman–Crippen LogP) is 2.23. The molecule has 1 atom stereocenters. The zero-order valence-corrected chi connectivity index (χ0v) is 18.6. The smallest absolute Gasteiger partial charge is 0.191 e. The maximum Gasteiger partial charge on any atom is 0.191 e. The van der Waals surface area contributed by atoms with Crippen molar-refractivity contribution in [3.05, 3.63) is 53.9 Å². The lowest BCUT2D eigenvalue weighted by Gasteiger charge is -2.35. The maximum absolute atomic E-state index is 5.57. The Bertz CT molecular complexity index is 825. The number of morpholine rings is 1. The first-order chi connectivity index (χ1) is 15.2. The standard InChI is InChI=1S/C23H33N5O3/c1-4-24-23(26-16-19-7-5-6-10-25-19)27-17-20(28-11-13-31-14-12-28)18-8-9-21(29-2)22(15-18)30-3/h5-10,15,20H,4,11-14,16-17H2,1-3H3,(H2,24,26,27). The van der Waals surface area contributed by atoms with Crippen LogP contribution >= 0.6 is 0 Å². The number of nitrogens with zero attached hydrogens (tertiary/aromatic N) is 3. The van der Waals surface area contributed by atoms with Gasteiger partial charge in [0.25, 0.3) is 0 Å². The molecule has 1 aromatic heterocycles. The monoisotopic (exact) mass is 427 g/mol. The summed E-state index contributed by atoms with van der Waals surface area (Å²) in [4.78, 5) is 11.5. The van der Waals surface area contributed by atoms with Gasteiger partial charge in [-0.25, -0.2) is 4.99 Å². The van der Waals surface area contributed by atoms with Gasteiger partial charge in [-0.2, -0.15) is 0 Å². The lowest BCUT2D eigenvalue weighted by molar-refractivity contribution is 0.0169. The number of guanidine groups is 1. The summed E-state index contributed by atoms with van der Waals surface area (Å²) in [5.41, 5.74) is 2.09. The van der Waals surface area contributed by atoms with E-state index in [9.17, 15) is 0 Å². The summed E-state index contributed by atoms with van der Waals surface area (Å²) in [6.45, 7) is 7.29. The fraction of sp³-hybridized carbons (Fsp3) is 0.478. The van der Waals surface area contributed by atoms with Crippen LogP contribution in [0.5, 0.6) is 11.5 Å². The molecular weight excluding hydrogens is 394 g/mol. The van der Waals surface area contributed by atoms with Crippen molar-refractivity contribution in [2.45, 2.75) is 19.5 Å². The van der Waals surface area contributed by atoms with Gasteiger partial charge in [-0.1, -0.05) is 12.1 Å². The van der Waals surface area contributed by atoms with Crippen LogP contribution in [0.25, 0.3) is 0 Å². The summed E-state index contributed by atoms with van der Waals surface area (Å²) in [6.07, 6.45) is 1.79. The molecule has 1 aliphatic rings. The van der Waals surface area contributed by atoms with Gasteiger partial charge in [0.1, 0.15) is 0 Å². The second-order valence-electron chi connectivity index (χ2n) is 7.18. The van der Waals surface area contributed by atoms with Crippen molar-refractivity contribution in [3.63, 3.8) is 0 Å². The number of hydrogen-bond donors (Lipinski definition) is 2. The molecule has 8 heteroatoms. The van der Waals surface area contributed by atoms with E-state index < -0.39 is 0 Å². The highest BCUT2D eigenvalue weighted by atomic mass is 16.5. The Hall–Kier alpha value is -2.84. The van der Waals surface area contributed by atoms with E-state index >= 15 is 0 Å². The Balaban J connectivity index is 1.77. The third kappa shape index (κ3) is 6.57. The van der Waals surface area contributed by atoms with Crippen LogP contribution in [0.2, 0.25) is 0 Å². The van der Waals surface area contributed by atoms with Crippen molar-refractivity contribution >= 4 is 5.96 Å². The normalized spacial score (nSPS) is 15.9. The maximum atomic E-state index is 5.57. The summed E-state index contributed by atoms with van der Waals surface area (Å²) in [5, 5.41) is 6.84. The SMILES string of the molecule is CCNC(=NCc1ccccn1)NCC(c1ccc(OC)c(OC)c1)N1CCOCC1. The molecule has 0 spiro atoms. The van der Waals surface area contributed by atoms with E-state index in [-0.39, 0.29) is 6.04 Å². The molecule has 1 fully saturated rings. The molecule has 1 aromatic carbocycles. The average molecular weight is 428 g/mol. The van der Waals surface area contributed by atoms with Crippen LogP contribution < -0.4 is 20.1 Å². The van der Waals surface area contributed by atoms with Crippen molar-refractivity contribution < 1.29 is 14.2 Å². The second-order valence-corrected chi connectivity index (χ2v) is 7.18. The quantitative estimate of drug-likeness (QED) is 0.469. The number of aromatic nitrogens is 1. The largest absolute Gasteiger partial charge is 0.493 e. The molecule has 168 valence electrons. The van der Waals surface area contributed by atoms with Crippen LogP contribution in [0, 0.1) is 0 Å². The lowest BCUT2D eigenvalue weighted by atomic mass is 10.0. The van der Waals surface area contributed by atoms with Crippen LogP contribution in [-0.2, 0) is 11.3 Å². The summed E-state index contributed by atoms with van der Waals surface area (Å²) in [5.74, 6) is 2.23. The van der Waals surface area contributed by atoms with Crippen LogP contribution in [0.3, 0.4) is 0 Å². The number of rotatable bonds is 9. The molecular formula is C23H33N5O3. The zero-order valence-electron chi connectivity index (χ0n) is 18.6. The van der Waals surface area contributed by atoms with Crippen molar-refractivity contribution in [2.24, 2.45) is 4.99 Å². The number of pyridine rings is 1. The summed E-state index contributed by atoms with van der Waals surface area (Å²) >= 11 is 0. The summed E-state index contributed by atoms with van der Waals surface area (Å²) < 4.78 is 16.5. The summed E-state index contributed by atoms with van der Waals surface area (Å²) in [6, 6.07) is 12.1. The average Bonchev–Trinajstić information content (AvgIpc) is 2.83. The van der Waals surface area contributed by atoms with E-state index in [4.69, 9.17) is 19.2 Å². The highest BCUT2D eigenvalue weighted by Crippen LogP contribution is 2.32. The number of benzene rings is 1. The Labute approximate surface area is 184 Å². The number of aliphatic imine (C=N–C) groups is 1. The first kappa shape index (κ1) is 22.8. The molecule has 1 unspecified atom stereocenters. The van der Waals surface area contributed by atoms with Crippen LogP contribution in [0.1, 0.15) is 24.2 Å². The first-order valence-electron chi connectivity index (χ1n) is 10.7. The third-order valence-electron chi connectivity index (χ3n) is 5.21. The molecule has 2 heterocycles. The minimum absolute atomic E-state index is 0.141. The molecule has 0 saturated carbocycles. The van der Waals surface area contributed by atoms with Gasteiger partial charge >= 0.3 is 0 Å². The molecule has 8 nitrogen and oxygen atoms in total. The van der Waals surface area contributed by atoms with Gasteiger partial charge in [-0.05, 0) is 36.8 Å². The van der Waals surface area contributed by atoms with Crippen molar-refractivity contribution in [1.29, 1.82) is 0 Å². The molecule has 31 heavy (non-hydrogen) atoms. The molecule has 2 aromatic rings. The fourth-order valence-corrected chi connectivity index (χ4v) is 3.59. The second kappa shape index (κ2) is 12.1. The van der Waals surface area contributed by atoms with Crippen molar-refractivity contribution in [1.82, 2.24) is 20.5 Å². The number of nitrogens with one attached hydrogen (secondary N) is 2. The Morgan fingerprint density at radius 3 is 2.61 bits per heavy atom. The van der Waals surface area contributed by atoms with Gasteiger partial charge in [0.05, 0.1) is 45.7 Å². The molecule has 1 saturated heterocycles. The third-order valence-corrected chi connectivity index (χ3v) is 5.21. The molecule has 3 rings (SSSR count). The predicted molar refractivity (Wildman–Crippen MR) is 122 cm³/mol. The van der Waals surface area contributed by atoms with E-state index in [0.717, 1.165) is 61.6 Å². The fourth-order valence-electron chi connectivity index (χ4n) is 3.59. The number of hydrogen-bond acceptors (Lipinski definition) is 6. The van der Waals surface area contributed by atoms with Crippen molar-refractivity contribution in [2.75, 3.05) is 53.6 Å². The van der Waals surface area contributed by atoms with Crippen LogP contribution in [-0.4, -0.2) is 69.5 Å². The van der Waals surface area contributed by atoms with E-state index in [1.807, 2.05) is 24.3 Å². The Morgan fingerprint density at radius 1 is 1.13 bits per heavy atom. The van der Waals surface area contributed by atoms with Gasteiger partial charge < -0.3 is 24.8 Å². The topological polar surface area (TPSA) is 80.2 Å². The molecule has 0 amide bonds. The molecule has 0 aliphatic carbocycles. The molecule has 0 radical (unpaired) electrons. The van der Waals surface area contributed by atoms with Gasteiger partial charge in [0.15, 0.2) is 17.5 Å². The first-order valence-corrected chi connectivity index (χ1v) is 10.7. The van der Waals surface area contributed by atoms with Crippen LogP contribution in [0.4, 0.5) is 0 Å². The van der Waals surface area contributed by atoms with E-state index in [2.05, 4.69) is 39.6 Å². The minimum atomic E-state index is 0.141. The van der Waals surface area contributed by atoms with Gasteiger partial charge in [-0.15, -0.1) is 0 Å². The lowest BCUT2D eigenvalue weighted by Crippen LogP contribution is -2.46. The van der Waals surface area contributed by atoms with Crippen molar-refractivity contribution in [3.8, 4) is 11.5 Å². The summed E-state index contributed by atoms with van der Waals surface area (Å²) in [7, 11) is 3.32. The van der Waals surface area contributed by atoms with Gasteiger partial charge in [0, 0.05) is 32.4 Å². The van der Waals surface area contributed by atoms with E-state index in [1.165, 1.54) is 0 Å². The molecule has 0 bridgehead atoms. The van der Waals surface area contributed by atoms with E-state index in [1.54, 1.807) is 20.4 Å². The Kier molecular flexibility index (Phi) is 8.93. The Morgan fingerprint density at radius 2 is 1.94 bits per heavy atom. The highest BCUT2D eigenvalue weighted by molar-refractivity contribution is 5.79. The zero-order chi connectivity index (χ0) is 21.9. The minimum Gasteiger partial charge on any atom is -0.493 e. The van der Waals surface area contributed by atoms with Gasteiger partial charge in [0.2, 0.25) is 0 Å². The molecule has 2 N–H and O–H groups in total. The van der Waals surface area contributed by atoms with E-state index in [0.29, 0.717) is 13.1 Å². The number of ether oxygens (including phenoxy) is 3. The molecule has 1 aliphatic heterocycles. The number of methoxy groups -OCH3 is 2.